The van der Waals surface area contributed by atoms with Crippen molar-refractivity contribution in [3.8, 4) is 0 Å². The molecule has 2 rings (SSSR count). The molecule has 0 spiro atoms. The van der Waals surface area contributed by atoms with Gasteiger partial charge in [0.2, 0.25) is 5.91 Å². The van der Waals surface area contributed by atoms with Gasteiger partial charge in [-0.2, -0.15) is 0 Å². The lowest BCUT2D eigenvalue weighted by Crippen LogP contribution is -2.35. The Hall–Kier alpha value is -1.13. The number of benzene rings is 1. The molecular weight excluding hydrogens is 256 g/mol. The van der Waals surface area contributed by atoms with Crippen LogP contribution in [0.15, 0.2) is 18.2 Å². The van der Waals surface area contributed by atoms with E-state index in [-0.39, 0.29) is 11.8 Å². The number of halogens is 1. The van der Waals surface area contributed by atoms with Gasteiger partial charge in [-0.3, -0.25) is 4.79 Å². The molecule has 1 fully saturated rings. The fourth-order valence-electron chi connectivity index (χ4n) is 1.44. The van der Waals surface area contributed by atoms with Crippen molar-refractivity contribution in [3.63, 3.8) is 0 Å². The predicted octanol–water partition coefficient (Wildman–Crippen LogP) is 2.87. The highest BCUT2D eigenvalue weighted by Gasteiger charge is 2.30. The first-order valence-electron chi connectivity index (χ1n) is 5.44. The van der Waals surface area contributed by atoms with E-state index in [1.54, 1.807) is 6.07 Å². The molecule has 5 heteroatoms. The molecule has 1 amide bonds. The molecule has 0 aromatic heterocycles. The Morgan fingerprint density at radius 3 is 2.82 bits per heavy atom. The highest BCUT2D eigenvalue weighted by molar-refractivity contribution is 7.80. The topological polar surface area (TPSA) is 41.1 Å². The van der Waals surface area contributed by atoms with Crippen molar-refractivity contribution in [2.75, 3.05) is 5.32 Å². The second-order valence-corrected chi connectivity index (χ2v) is 5.02. The highest BCUT2D eigenvalue weighted by atomic mass is 35.5. The van der Waals surface area contributed by atoms with E-state index in [0.29, 0.717) is 10.1 Å². The molecule has 1 aromatic rings. The molecule has 0 unspecified atom stereocenters. The van der Waals surface area contributed by atoms with Gasteiger partial charge in [0, 0.05) is 16.6 Å². The van der Waals surface area contributed by atoms with Crippen LogP contribution in [0.25, 0.3) is 0 Å². The third kappa shape index (κ3) is 3.41. The van der Waals surface area contributed by atoms with Crippen LogP contribution in [0, 0.1) is 12.8 Å². The van der Waals surface area contributed by atoms with Crippen LogP contribution < -0.4 is 10.6 Å². The Kier molecular flexibility index (Phi) is 3.64. The number of rotatable bonds is 2. The van der Waals surface area contributed by atoms with E-state index in [4.69, 9.17) is 23.8 Å². The van der Waals surface area contributed by atoms with Gasteiger partial charge in [0.25, 0.3) is 0 Å². The monoisotopic (exact) mass is 268 g/mol. The zero-order valence-electron chi connectivity index (χ0n) is 9.42. The number of carbonyl (C=O) groups excluding carboxylic acids is 1. The normalized spacial score (nSPS) is 14.2. The molecule has 3 nitrogen and oxygen atoms in total. The summed E-state index contributed by atoms with van der Waals surface area (Å²) >= 11 is 11.0. The third-order valence-electron chi connectivity index (χ3n) is 2.63. The number of thiocarbonyl (C=S) groups is 1. The summed E-state index contributed by atoms with van der Waals surface area (Å²) in [4.78, 5) is 11.5. The maximum atomic E-state index is 11.5. The Morgan fingerprint density at radius 2 is 2.18 bits per heavy atom. The number of anilines is 1. The lowest BCUT2D eigenvalue weighted by molar-refractivity contribution is -0.120. The summed E-state index contributed by atoms with van der Waals surface area (Å²) < 4.78 is 0. The number of amides is 1. The van der Waals surface area contributed by atoms with E-state index in [2.05, 4.69) is 10.6 Å². The van der Waals surface area contributed by atoms with E-state index in [9.17, 15) is 4.79 Å². The second kappa shape index (κ2) is 5.02. The molecule has 0 atom stereocenters. The minimum Gasteiger partial charge on any atom is -0.332 e. The quantitative estimate of drug-likeness (QED) is 0.811. The Balaban J connectivity index is 1.97. The van der Waals surface area contributed by atoms with E-state index in [0.717, 1.165) is 24.1 Å². The molecule has 17 heavy (non-hydrogen) atoms. The minimum atomic E-state index is 0.00202. The molecule has 1 aliphatic rings. The van der Waals surface area contributed by atoms with Gasteiger partial charge < -0.3 is 10.6 Å². The Labute approximate surface area is 111 Å². The Morgan fingerprint density at radius 1 is 1.47 bits per heavy atom. The van der Waals surface area contributed by atoms with Crippen LogP contribution in [0.5, 0.6) is 0 Å². The van der Waals surface area contributed by atoms with E-state index in [1.165, 1.54) is 0 Å². The van der Waals surface area contributed by atoms with Crippen LogP contribution in [0.4, 0.5) is 5.69 Å². The lowest BCUT2D eigenvalue weighted by Gasteiger charge is -2.11. The Bertz CT molecular complexity index is 472. The van der Waals surface area contributed by atoms with E-state index >= 15 is 0 Å². The molecule has 1 saturated carbocycles. The molecule has 0 bridgehead atoms. The average molecular weight is 269 g/mol. The lowest BCUT2D eigenvalue weighted by atomic mass is 10.2. The smallest absolute Gasteiger partial charge is 0.229 e. The van der Waals surface area contributed by atoms with Crippen molar-refractivity contribution in [1.82, 2.24) is 5.32 Å². The van der Waals surface area contributed by atoms with Gasteiger partial charge in [0.1, 0.15) is 0 Å². The molecule has 0 aliphatic heterocycles. The molecule has 0 radical (unpaired) electrons. The van der Waals surface area contributed by atoms with E-state index < -0.39 is 0 Å². The minimum absolute atomic E-state index is 0.00202. The molecular formula is C12H13ClN2OS. The van der Waals surface area contributed by atoms with Crippen molar-refractivity contribution in [2.45, 2.75) is 19.8 Å². The first kappa shape index (κ1) is 12.3. The van der Waals surface area contributed by atoms with Crippen LogP contribution in [0.2, 0.25) is 5.02 Å². The predicted molar refractivity (Wildman–Crippen MR) is 73.3 cm³/mol. The van der Waals surface area contributed by atoms with Crippen LogP contribution in [0.1, 0.15) is 18.4 Å². The standard InChI is InChI=1S/C12H13ClN2OS/c1-7-2-5-9(13)6-10(7)14-12(17)15-11(16)8-3-4-8/h2,5-6,8H,3-4H2,1H3,(H2,14,15,16,17). The average Bonchev–Trinajstić information content (AvgIpc) is 3.06. The van der Waals surface area contributed by atoms with Crippen molar-refractivity contribution in [2.24, 2.45) is 5.92 Å². The highest BCUT2D eigenvalue weighted by Crippen LogP contribution is 2.28. The second-order valence-electron chi connectivity index (χ2n) is 4.18. The summed E-state index contributed by atoms with van der Waals surface area (Å²) in [5, 5.41) is 6.61. The van der Waals surface area contributed by atoms with Gasteiger partial charge in [-0.25, -0.2) is 0 Å². The molecule has 90 valence electrons. The number of nitrogens with one attached hydrogen (secondary N) is 2. The maximum Gasteiger partial charge on any atom is 0.229 e. The third-order valence-corrected chi connectivity index (χ3v) is 3.07. The van der Waals surface area contributed by atoms with Gasteiger partial charge >= 0.3 is 0 Å². The van der Waals surface area contributed by atoms with E-state index in [1.807, 2.05) is 19.1 Å². The van der Waals surface area contributed by atoms with Crippen molar-refractivity contribution < 1.29 is 4.79 Å². The number of aryl methyl sites for hydroxylation is 1. The zero-order valence-corrected chi connectivity index (χ0v) is 11.0. The van der Waals surface area contributed by atoms with Crippen LogP contribution in [0.3, 0.4) is 0 Å². The first-order chi connectivity index (χ1) is 8.06. The van der Waals surface area contributed by atoms with Crippen molar-refractivity contribution in [3.05, 3.63) is 28.8 Å². The summed E-state index contributed by atoms with van der Waals surface area (Å²) in [6, 6.07) is 5.50. The number of hydrogen-bond acceptors (Lipinski definition) is 2. The molecule has 2 N–H and O–H groups in total. The molecule has 1 aromatic carbocycles. The SMILES string of the molecule is Cc1ccc(Cl)cc1NC(=S)NC(=O)C1CC1. The summed E-state index contributed by atoms with van der Waals surface area (Å²) in [6.07, 6.45) is 1.93. The van der Waals surface area contributed by atoms with Crippen molar-refractivity contribution in [1.29, 1.82) is 0 Å². The number of carbonyl (C=O) groups is 1. The zero-order chi connectivity index (χ0) is 12.4. The summed E-state index contributed by atoms with van der Waals surface area (Å²) in [6.45, 7) is 1.95. The van der Waals surface area contributed by atoms with Gasteiger partial charge in [-0.15, -0.1) is 0 Å². The van der Waals surface area contributed by atoms with Crippen LogP contribution in [-0.4, -0.2) is 11.0 Å². The van der Waals surface area contributed by atoms with Gasteiger partial charge in [-0.05, 0) is 49.7 Å². The van der Waals surface area contributed by atoms with Crippen LogP contribution in [-0.2, 0) is 4.79 Å². The largest absolute Gasteiger partial charge is 0.332 e. The van der Waals surface area contributed by atoms with Gasteiger partial charge in [0.15, 0.2) is 5.11 Å². The number of hydrogen-bond donors (Lipinski definition) is 2. The molecule has 1 aliphatic carbocycles. The van der Waals surface area contributed by atoms with Crippen LogP contribution >= 0.6 is 23.8 Å². The van der Waals surface area contributed by atoms with Gasteiger partial charge in [0.05, 0.1) is 0 Å². The first-order valence-corrected chi connectivity index (χ1v) is 6.23. The maximum absolute atomic E-state index is 11.5. The summed E-state index contributed by atoms with van der Waals surface area (Å²) in [5.41, 5.74) is 1.84. The molecule has 0 saturated heterocycles. The molecule has 0 heterocycles. The summed E-state index contributed by atoms with van der Waals surface area (Å²) in [5.74, 6) is 0.150. The summed E-state index contributed by atoms with van der Waals surface area (Å²) in [7, 11) is 0. The van der Waals surface area contributed by atoms with Gasteiger partial charge in [-0.1, -0.05) is 17.7 Å². The fraction of sp³-hybridized carbons (Fsp3) is 0.333. The van der Waals surface area contributed by atoms with Crippen molar-refractivity contribution >= 4 is 40.5 Å². The fourth-order valence-corrected chi connectivity index (χ4v) is 1.82.